The molecule has 0 bridgehead atoms. The third kappa shape index (κ3) is 4.62. The van der Waals surface area contributed by atoms with E-state index in [9.17, 15) is 9.59 Å². The maximum atomic E-state index is 11.8. The van der Waals surface area contributed by atoms with Gasteiger partial charge >= 0.3 is 5.97 Å². The molecule has 0 spiro atoms. The molecule has 0 aliphatic carbocycles. The molecule has 0 radical (unpaired) electrons. The molecule has 0 fully saturated rings. The standard InChI is InChI=1S/C14H19NO4/c1-9(2)4-7-13(16)15-11-8-10(14(17)18)5-6-12(11)19-3/h5-6,8-9H,4,7H2,1-3H3,(H,15,16)(H,17,18). The number of carbonyl (C=O) groups is 2. The van der Waals surface area contributed by atoms with E-state index in [0.29, 0.717) is 23.8 Å². The van der Waals surface area contributed by atoms with Gasteiger partial charge in [-0.3, -0.25) is 4.79 Å². The van der Waals surface area contributed by atoms with E-state index < -0.39 is 5.97 Å². The molecule has 2 N–H and O–H groups in total. The zero-order valence-electron chi connectivity index (χ0n) is 11.4. The number of ether oxygens (including phenoxy) is 1. The molecule has 0 saturated heterocycles. The van der Waals surface area contributed by atoms with Crippen molar-refractivity contribution in [2.75, 3.05) is 12.4 Å². The molecule has 0 heterocycles. The lowest BCUT2D eigenvalue weighted by molar-refractivity contribution is -0.116. The van der Waals surface area contributed by atoms with Crippen LogP contribution in [0.1, 0.15) is 37.0 Å². The van der Waals surface area contributed by atoms with E-state index in [1.54, 1.807) is 0 Å². The molecular weight excluding hydrogens is 246 g/mol. The summed E-state index contributed by atoms with van der Waals surface area (Å²) in [5, 5.41) is 11.6. The first-order valence-electron chi connectivity index (χ1n) is 6.15. The van der Waals surface area contributed by atoms with Crippen LogP contribution in [0.4, 0.5) is 5.69 Å². The number of hydrogen-bond acceptors (Lipinski definition) is 3. The van der Waals surface area contributed by atoms with E-state index in [-0.39, 0.29) is 11.5 Å². The average Bonchev–Trinajstić information content (AvgIpc) is 2.36. The molecule has 19 heavy (non-hydrogen) atoms. The van der Waals surface area contributed by atoms with Crippen LogP contribution in [0.3, 0.4) is 0 Å². The van der Waals surface area contributed by atoms with E-state index in [1.807, 2.05) is 13.8 Å². The van der Waals surface area contributed by atoms with Crippen molar-refractivity contribution < 1.29 is 19.4 Å². The minimum absolute atomic E-state index is 0.111. The zero-order valence-corrected chi connectivity index (χ0v) is 11.4. The normalized spacial score (nSPS) is 10.3. The van der Waals surface area contributed by atoms with Gasteiger partial charge in [-0.2, -0.15) is 0 Å². The molecule has 5 heteroatoms. The Kier molecular flexibility index (Phi) is 5.36. The monoisotopic (exact) mass is 265 g/mol. The Bertz CT molecular complexity index is 469. The summed E-state index contributed by atoms with van der Waals surface area (Å²) in [5.41, 5.74) is 0.496. The topological polar surface area (TPSA) is 75.6 Å². The van der Waals surface area contributed by atoms with Crippen LogP contribution in [-0.4, -0.2) is 24.1 Å². The zero-order chi connectivity index (χ0) is 14.4. The second-order valence-corrected chi connectivity index (χ2v) is 4.70. The quantitative estimate of drug-likeness (QED) is 0.829. The van der Waals surface area contributed by atoms with Crippen molar-refractivity contribution in [2.24, 2.45) is 5.92 Å². The van der Waals surface area contributed by atoms with E-state index in [1.165, 1.54) is 25.3 Å². The van der Waals surface area contributed by atoms with Gasteiger partial charge in [-0.25, -0.2) is 4.79 Å². The number of hydrogen-bond donors (Lipinski definition) is 2. The highest BCUT2D eigenvalue weighted by Gasteiger charge is 2.11. The van der Waals surface area contributed by atoms with Crippen molar-refractivity contribution in [3.05, 3.63) is 23.8 Å². The summed E-state index contributed by atoms with van der Waals surface area (Å²) in [4.78, 5) is 22.7. The van der Waals surface area contributed by atoms with E-state index in [0.717, 1.165) is 6.42 Å². The molecule has 1 amide bonds. The molecule has 0 aliphatic rings. The van der Waals surface area contributed by atoms with Gasteiger partial charge in [-0.15, -0.1) is 0 Å². The van der Waals surface area contributed by atoms with Gasteiger partial charge < -0.3 is 15.2 Å². The number of aromatic carboxylic acids is 1. The Morgan fingerprint density at radius 2 is 2.05 bits per heavy atom. The molecule has 5 nitrogen and oxygen atoms in total. The van der Waals surface area contributed by atoms with Crippen LogP contribution in [0, 0.1) is 5.92 Å². The number of nitrogens with one attached hydrogen (secondary N) is 1. The van der Waals surface area contributed by atoms with Gasteiger partial charge in [0.15, 0.2) is 0 Å². The number of carboxylic acids is 1. The molecule has 0 atom stereocenters. The first-order valence-corrected chi connectivity index (χ1v) is 6.15. The van der Waals surface area contributed by atoms with Crippen molar-refractivity contribution >= 4 is 17.6 Å². The number of anilines is 1. The maximum absolute atomic E-state index is 11.8. The Morgan fingerprint density at radius 1 is 1.37 bits per heavy atom. The summed E-state index contributed by atoms with van der Waals surface area (Å²) < 4.78 is 5.10. The lowest BCUT2D eigenvalue weighted by Crippen LogP contribution is -2.13. The Labute approximate surface area is 112 Å². The number of rotatable bonds is 6. The predicted molar refractivity (Wildman–Crippen MR) is 72.7 cm³/mol. The predicted octanol–water partition coefficient (Wildman–Crippen LogP) is 2.77. The van der Waals surface area contributed by atoms with Crippen LogP contribution in [0.25, 0.3) is 0 Å². The maximum Gasteiger partial charge on any atom is 0.335 e. The third-order valence-corrected chi connectivity index (χ3v) is 2.67. The minimum Gasteiger partial charge on any atom is -0.495 e. The fraction of sp³-hybridized carbons (Fsp3) is 0.429. The lowest BCUT2D eigenvalue weighted by Gasteiger charge is -2.11. The molecule has 0 unspecified atom stereocenters. The highest BCUT2D eigenvalue weighted by molar-refractivity contribution is 5.95. The van der Waals surface area contributed by atoms with Crippen LogP contribution in [0.15, 0.2) is 18.2 Å². The summed E-state index contributed by atoms with van der Waals surface area (Å²) in [6, 6.07) is 4.36. The van der Waals surface area contributed by atoms with Gasteiger partial charge in [0.05, 0.1) is 18.4 Å². The SMILES string of the molecule is COc1ccc(C(=O)O)cc1NC(=O)CCC(C)C. The summed E-state index contributed by atoms with van der Waals surface area (Å²) in [6.07, 6.45) is 1.19. The van der Waals surface area contributed by atoms with Crippen LogP contribution in [-0.2, 0) is 4.79 Å². The Morgan fingerprint density at radius 3 is 2.58 bits per heavy atom. The number of carbonyl (C=O) groups excluding carboxylic acids is 1. The average molecular weight is 265 g/mol. The summed E-state index contributed by atoms with van der Waals surface area (Å²) >= 11 is 0. The number of benzene rings is 1. The van der Waals surface area contributed by atoms with Crippen molar-refractivity contribution in [3.8, 4) is 5.75 Å². The van der Waals surface area contributed by atoms with E-state index in [2.05, 4.69) is 5.32 Å². The van der Waals surface area contributed by atoms with Gasteiger partial charge in [0, 0.05) is 6.42 Å². The van der Waals surface area contributed by atoms with Gasteiger partial charge in [-0.1, -0.05) is 13.8 Å². The number of methoxy groups -OCH3 is 1. The number of carboxylic acid groups (broad SMARTS) is 1. The van der Waals surface area contributed by atoms with Crippen LogP contribution in [0.2, 0.25) is 0 Å². The third-order valence-electron chi connectivity index (χ3n) is 2.67. The van der Waals surface area contributed by atoms with Crippen LogP contribution in [0.5, 0.6) is 5.75 Å². The van der Waals surface area contributed by atoms with Gasteiger partial charge in [0.25, 0.3) is 0 Å². The van der Waals surface area contributed by atoms with Crippen LogP contribution >= 0.6 is 0 Å². The summed E-state index contributed by atoms with van der Waals surface area (Å²) in [5.74, 6) is -0.296. The van der Waals surface area contributed by atoms with E-state index >= 15 is 0 Å². The molecule has 0 saturated carbocycles. The largest absolute Gasteiger partial charge is 0.495 e. The molecular formula is C14H19NO4. The smallest absolute Gasteiger partial charge is 0.335 e. The summed E-state index contributed by atoms with van der Waals surface area (Å²) in [7, 11) is 1.47. The van der Waals surface area contributed by atoms with Gasteiger partial charge in [-0.05, 0) is 30.5 Å². The summed E-state index contributed by atoms with van der Waals surface area (Å²) in [6.45, 7) is 4.08. The lowest BCUT2D eigenvalue weighted by atomic mass is 10.1. The second-order valence-electron chi connectivity index (χ2n) is 4.70. The molecule has 104 valence electrons. The molecule has 1 rings (SSSR count). The highest BCUT2D eigenvalue weighted by Crippen LogP contribution is 2.25. The van der Waals surface area contributed by atoms with E-state index in [4.69, 9.17) is 9.84 Å². The Balaban J connectivity index is 2.82. The molecule has 0 aliphatic heterocycles. The molecule has 0 aromatic heterocycles. The fourth-order valence-corrected chi connectivity index (χ4v) is 1.57. The van der Waals surface area contributed by atoms with Gasteiger partial charge in [0.2, 0.25) is 5.91 Å². The minimum atomic E-state index is -1.04. The molecule has 1 aromatic carbocycles. The molecule has 1 aromatic rings. The second kappa shape index (κ2) is 6.78. The fourth-order valence-electron chi connectivity index (χ4n) is 1.57. The van der Waals surface area contributed by atoms with Gasteiger partial charge in [0.1, 0.15) is 5.75 Å². The first-order chi connectivity index (χ1) is 8.93. The van der Waals surface area contributed by atoms with Crippen molar-refractivity contribution in [3.63, 3.8) is 0 Å². The van der Waals surface area contributed by atoms with Crippen molar-refractivity contribution in [2.45, 2.75) is 26.7 Å². The number of amides is 1. The highest BCUT2D eigenvalue weighted by atomic mass is 16.5. The van der Waals surface area contributed by atoms with Crippen LogP contribution < -0.4 is 10.1 Å². The van der Waals surface area contributed by atoms with Crippen molar-refractivity contribution in [1.82, 2.24) is 0 Å². The van der Waals surface area contributed by atoms with Crippen molar-refractivity contribution in [1.29, 1.82) is 0 Å². The Hall–Kier alpha value is -2.04. The first kappa shape index (κ1) is 15.0.